The van der Waals surface area contributed by atoms with Gasteiger partial charge in [0.15, 0.2) is 0 Å². The molecule has 0 radical (unpaired) electrons. The van der Waals surface area contributed by atoms with Crippen molar-refractivity contribution in [3.05, 3.63) is 127 Å². The minimum absolute atomic E-state index is 0.00460. The van der Waals surface area contributed by atoms with Crippen LogP contribution < -0.4 is 14.5 Å². The average Bonchev–Trinajstić information content (AvgIpc) is 3.74. The molecule has 0 amide bonds. The Labute approximate surface area is 305 Å². The molecule has 52 heavy (non-hydrogen) atoms. The first-order chi connectivity index (χ1) is 24.9. The van der Waals surface area contributed by atoms with Crippen LogP contribution in [-0.4, -0.2) is 27.8 Å². The molecule has 4 heterocycles. The number of aromatic nitrogens is 3. The lowest BCUT2D eigenvalue weighted by Gasteiger charge is -2.26. The van der Waals surface area contributed by atoms with Crippen molar-refractivity contribution >= 4 is 60.7 Å². The second kappa shape index (κ2) is 11.4. The number of aryl methyl sites for hydroxylation is 1. The summed E-state index contributed by atoms with van der Waals surface area (Å²) in [6.07, 6.45) is 1.93. The fourth-order valence-corrected chi connectivity index (χ4v) is 8.02. The first kappa shape index (κ1) is 32.2. The Hall–Kier alpha value is -5.75. The number of benzene rings is 5. The van der Waals surface area contributed by atoms with Crippen molar-refractivity contribution in [3.63, 3.8) is 0 Å². The average molecular weight is 684 g/mol. The topological polar surface area (TPSA) is 38.5 Å². The van der Waals surface area contributed by atoms with E-state index in [-0.39, 0.29) is 10.8 Å². The van der Waals surface area contributed by atoms with Crippen LogP contribution in [0.4, 0.5) is 17.1 Å². The normalized spacial score (nSPS) is 13.6. The smallest absolute Gasteiger partial charge is 0.137 e. The molecule has 1 aliphatic heterocycles. The van der Waals surface area contributed by atoms with Gasteiger partial charge in [0.25, 0.3) is 0 Å². The summed E-state index contributed by atoms with van der Waals surface area (Å²) in [5.74, 6) is 2.51. The maximum Gasteiger partial charge on any atom is 0.137 e. The molecule has 6 heteroatoms. The fourth-order valence-electron chi connectivity index (χ4n) is 8.02. The summed E-state index contributed by atoms with van der Waals surface area (Å²) < 4.78 is 11.5. The molecule has 0 aliphatic carbocycles. The van der Waals surface area contributed by atoms with Gasteiger partial charge in [-0.1, -0.05) is 77.9 Å². The lowest BCUT2D eigenvalue weighted by molar-refractivity contribution is 0.479. The Bertz CT molecular complexity index is 2700. The number of rotatable bonds is 4. The molecule has 0 spiro atoms. The van der Waals surface area contributed by atoms with Crippen LogP contribution in [0.3, 0.4) is 0 Å². The first-order valence-corrected chi connectivity index (χ1v) is 18.2. The zero-order valence-electron chi connectivity index (χ0n) is 31.3. The van der Waals surface area contributed by atoms with E-state index in [2.05, 4.69) is 184 Å². The number of hydrogen-bond donors (Lipinski definition) is 0. The third kappa shape index (κ3) is 5.03. The second-order valence-corrected chi connectivity index (χ2v) is 16.4. The molecular formula is C46H45N5O. The molecule has 0 unspecified atom stereocenters. The molecule has 260 valence electrons. The van der Waals surface area contributed by atoms with E-state index in [1.54, 1.807) is 0 Å². The van der Waals surface area contributed by atoms with Gasteiger partial charge in [-0.2, -0.15) is 0 Å². The lowest BCUT2D eigenvalue weighted by Crippen LogP contribution is -2.24. The van der Waals surface area contributed by atoms with E-state index in [0.717, 1.165) is 40.7 Å². The lowest BCUT2D eigenvalue weighted by atomic mass is 9.86. The van der Waals surface area contributed by atoms with Crippen LogP contribution >= 0.6 is 0 Å². The Morgan fingerprint density at radius 3 is 2.02 bits per heavy atom. The highest BCUT2D eigenvalue weighted by atomic mass is 16.5. The molecule has 1 aliphatic rings. The number of fused-ring (bicyclic) bond motifs is 8. The predicted molar refractivity (Wildman–Crippen MR) is 218 cm³/mol. The van der Waals surface area contributed by atoms with Crippen LogP contribution in [0.15, 0.2) is 115 Å². The van der Waals surface area contributed by atoms with E-state index in [0.29, 0.717) is 0 Å². The highest BCUT2D eigenvalue weighted by Gasteiger charge is 2.30. The Morgan fingerprint density at radius 1 is 0.596 bits per heavy atom. The summed E-state index contributed by atoms with van der Waals surface area (Å²) in [4.78, 5) is 9.67. The van der Waals surface area contributed by atoms with Crippen molar-refractivity contribution in [2.75, 3.05) is 23.5 Å². The van der Waals surface area contributed by atoms with Gasteiger partial charge in [-0.25, -0.2) is 4.98 Å². The third-order valence-electron chi connectivity index (χ3n) is 10.8. The largest absolute Gasteiger partial charge is 0.457 e. The van der Waals surface area contributed by atoms with Gasteiger partial charge < -0.3 is 19.1 Å². The zero-order valence-corrected chi connectivity index (χ0v) is 31.3. The van der Waals surface area contributed by atoms with Crippen molar-refractivity contribution < 1.29 is 4.74 Å². The Morgan fingerprint density at radius 2 is 1.27 bits per heavy atom. The van der Waals surface area contributed by atoms with Crippen molar-refractivity contribution in [1.29, 1.82) is 0 Å². The van der Waals surface area contributed by atoms with E-state index < -0.39 is 0 Å². The molecule has 9 rings (SSSR count). The minimum atomic E-state index is -0.0889. The SMILES string of the molecule is CN1CN(c2cc(Oc3ccc4c5ccccc5n(-c5cc(C(C)(C)C)ccn5)c4c3)cc(C(C)(C)C)c2)c2c1ccc1c3ccccc3n(C)c21. The van der Waals surface area contributed by atoms with E-state index in [1.165, 1.54) is 55.1 Å². The number of pyridine rings is 1. The van der Waals surface area contributed by atoms with Crippen LogP contribution in [0.25, 0.3) is 49.4 Å². The predicted octanol–water partition coefficient (Wildman–Crippen LogP) is 11.8. The summed E-state index contributed by atoms with van der Waals surface area (Å²) in [5.41, 5.74) is 10.6. The van der Waals surface area contributed by atoms with E-state index in [4.69, 9.17) is 9.72 Å². The maximum absolute atomic E-state index is 6.88. The Balaban J connectivity index is 1.19. The van der Waals surface area contributed by atoms with Gasteiger partial charge in [0, 0.05) is 65.2 Å². The van der Waals surface area contributed by atoms with E-state index >= 15 is 0 Å². The molecule has 6 nitrogen and oxygen atoms in total. The summed E-state index contributed by atoms with van der Waals surface area (Å²) >= 11 is 0. The molecule has 3 aromatic heterocycles. The zero-order chi connectivity index (χ0) is 36.1. The molecule has 0 atom stereocenters. The Kier molecular flexibility index (Phi) is 7.04. The number of hydrogen-bond acceptors (Lipinski definition) is 4. The van der Waals surface area contributed by atoms with Gasteiger partial charge in [0.1, 0.15) is 17.3 Å². The number of nitrogens with zero attached hydrogens (tertiary/aromatic N) is 5. The highest BCUT2D eigenvalue weighted by Crippen LogP contribution is 2.48. The van der Waals surface area contributed by atoms with Crippen molar-refractivity contribution in [1.82, 2.24) is 14.1 Å². The summed E-state index contributed by atoms with van der Waals surface area (Å²) in [6.45, 7) is 14.3. The minimum Gasteiger partial charge on any atom is -0.457 e. The van der Waals surface area contributed by atoms with Crippen molar-refractivity contribution in [2.45, 2.75) is 52.4 Å². The fraction of sp³-hybridized carbons (Fsp3) is 0.239. The second-order valence-electron chi connectivity index (χ2n) is 16.4. The van der Waals surface area contributed by atoms with Crippen molar-refractivity contribution in [3.8, 4) is 17.3 Å². The van der Waals surface area contributed by atoms with Gasteiger partial charge in [-0.05, 0) is 82.6 Å². The summed E-state index contributed by atoms with van der Waals surface area (Å²) in [5, 5.41) is 4.91. The van der Waals surface area contributed by atoms with E-state index in [1.807, 2.05) is 6.20 Å². The van der Waals surface area contributed by atoms with Crippen LogP contribution in [0.5, 0.6) is 11.5 Å². The number of para-hydroxylation sites is 2. The molecule has 0 fully saturated rings. The van der Waals surface area contributed by atoms with Crippen molar-refractivity contribution in [2.24, 2.45) is 7.05 Å². The third-order valence-corrected chi connectivity index (χ3v) is 10.8. The molecule has 8 aromatic rings. The van der Waals surface area contributed by atoms with Crippen LogP contribution in [-0.2, 0) is 17.9 Å². The van der Waals surface area contributed by atoms with Gasteiger partial charge in [-0.15, -0.1) is 0 Å². The van der Waals surface area contributed by atoms with Gasteiger partial charge in [0.05, 0.1) is 34.6 Å². The molecule has 0 N–H and O–H groups in total. The molecular weight excluding hydrogens is 639 g/mol. The summed E-state index contributed by atoms with van der Waals surface area (Å²) in [7, 11) is 4.37. The van der Waals surface area contributed by atoms with Gasteiger partial charge in [0.2, 0.25) is 0 Å². The first-order valence-electron chi connectivity index (χ1n) is 18.2. The molecule has 0 bridgehead atoms. The monoisotopic (exact) mass is 683 g/mol. The van der Waals surface area contributed by atoms with Crippen LogP contribution in [0.2, 0.25) is 0 Å². The molecule has 0 saturated heterocycles. The van der Waals surface area contributed by atoms with E-state index in [9.17, 15) is 0 Å². The van der Waals surface area contributed by atoms with Gasteiger partial charge >= 0.3 is 0 Å². The maximum atomic E-state index is 6.88. The number of anilines is 3. The standard InChI is InChI=1S/C46H45N5O/c1-45(2,3)29-21-22-47-42(25-29)51-39-16-12-10-13-34(39)36-18-17-32(27-41(36)51)52-33-24-30(46(4,5)6)23-31(26-33)50-28-48(7)40-20-19-37-35-14-9-11-15-38(35)49(8)43(37)44(40)50/h9-27H,28H2,1-8H3. The number of ether oxygens (including phenoxy) is 1. The summed E-state index contributed by atoms with van der Waals surface area (Å²) in [6, 6.07) is 39.4. The van der Waals surface area contributed by atoms with Crippen LogP contribution in [0.1, 0.15) is 52.7 Å². The molecule has 0 saturated carbocycles. The highest BCUT2D eigenvalue weighted by molar-refractivity contribution is 6.16. The quantitative estimate of drug-likeness (QED) is 0.185. The van der Waals surface area contributed by atoms with Crippen LogP contribution in [0, 0.1) is 0 Å². The molecule has 5 aromatic carbocycles. The van der Waals surface area contributed by atoms with Gasteiger partial charge in [-0.3, -0.25) is 4.57 Å².